The van der Waals surface area contributed by atoms with Crippen molar-refractivity contribution in [3.8, 4) is 0 Å². The van der Waals surface area contributed by atoms with Crippen LogP contribution in [0.1, 0.15) is 23.2 Å². The van der Waals surface area contributed by atoms with Gasteiger partial charge in [0.15, 0.2) is 0 Å². The molecule has 7 heteroatoms. The number of methoxy groups -OCH3 is 1. The number of nitrogens with one attached hydrogen (secondary N) is 2. The summed E-state index contributed by atoms with van der Waals surface area (Å²) >= 11 is 0. The molecule has 2 aromatic rings. The Balaban J connectivity index is 1.54. The Bertz CT molecular complexity index is 721. The molecule has 2 fully saturated rings. The number of hydrogen-bond donors (Lipinski definition) is 2. The summed E-state index contributed by atoms with van der Waals surface area (Å²) in [5.41, 5.74) is 1.42. The van der Waals surface area contributed by atoms with E-state index in [2.05, 4.69) is 15.7 Å². The third kappa shape index (κ3) is 2.44. The average Bonchev–Trinajstić information content (AvgIpc) is 3.24. The Morgan fingerprint density at radius 1 is 1.35 bits per heavy atom. The highest BCUT2D eigenvalue weighted by Crippen LogP contribution is 2.34. The van der Waals surface area contributed by atoms with Crippen LogP contribution in [0.15, 0.2) is 18.6 Å². The lowest BCUT2D eigenvalue weighted by Gasteiger charge is -2.37. The molecule has 0 bridgehead atoms. The summed E-state index contributed by atoms with van der Waals surface area (Å²) in [4.78, 5) is 12.7. The van der Waals surface area contributed by atoms with E-state index in [-0.39, 0.29) is 18.1 Å². The summed E-state index contributed by atoms with van der Waals surface area (Å²) in [6.07, 6.45) is 7.44. The second-order valence-corrected chi connectivity index (χ2v) is 6.74. The van der Waals surface area contributed by atoms with E-state index in [9.17, 15) is 4.79 Å². The number of fused-ring (bicyclic) bond motifs is 2. The first kappa shape index (κ1) is 14.7. The summed E-state index contributed by atoms with van der Waals surface area (Å²) in [6, 6.07) is 0.0591. The topological polar surface area (TPSA) is 72.6 Å². The van der Waals surface area contributed by atoms with E-state index in [4.69, 9.17) is 4.74 Å². The predicted molar refractivity (Wildman–Crippen MR) is 85.3 cm³/mol. The first-order valence-electron chi connectivity index (χ1n) is 8.20. The van der Waals surface area contributed by atoms with Crippen LogP contribution >= 0.6 is 0 Å². The lowest BCUT2D eigenvalue weighted by atomic mass is 9.77. The van der Waals surface area contributed by atoms with Crippen LogP contribution in [0.3, 0.4) is 0 Å². The fourth-order valence-corrected chi connectivity index (χ4v) is 4.15. The molecular weight excluding hydrogens is 294 g/mol. The second-order valence-electron chi connectivity index (χ2n) is 6.74. The number of rotatable bonds is 3. The standard InChI is InChI=1S/C16H23N5O2/c1-20-3-4-21-16(20)12(9-18-21)15(22)19-13-5-10-7-17-8-11(10)6-14(13)23-2/h3-4,9-11,13-14,17H,5-8H2,1-2H3,(H,19,22)/t10-,11+,13-,14-/m0/s1. The van der Waals surface area contributed by atoms with Gasteiger partial charge in [0.25, 0.3) is 5.91 Å². The minimum atomic E-state index is -0.0711. The summed E-state index contributed by atoms with van der Waals surface area (Å²) < 4.78 is 9.29. The number of aryl methyl sites for hydroxylation is 1. The van der Waals surface area contributed by atoms with Gasteiger partial charge in [-0.05, 0) is 37.8 Å². The van der Waals surface area contributed by atoms with Gasteiger partial charge in [0.1, 0.15) is 11.2 Å². The van der Waals surface area contributed by atoms with Gasteiger partial charge in [-0.2, -0.15) is 5.10 Å². The first-order chi connectivity index (χ1) is 11.2. The van der Waals surface area contributed by atoms with Gasteiger partial charge in [0, 0.05) is 26.6 Å². The maximum Gasteiger partial charge on any atom is 0.257 e. The highest BCUT2D eigenvalue weighted by atomic mass is 16.5. The molecule has 3 heterocycles. The van der Waals surface area contributed by atoms with Crippen molar-refractivity contribution in [2.45, 2.75) is 25.0 Å². The Kier molecular flexibility index (Phi) is 3.61. The van der Waals surface area contributed by atoms with E-state index in [1.807, 2.05) is 24.0 Å². The average molecular weight is 317 g/mol. The lowest BCUT2D eigenvalue weighted by molar-refractivity contribution is 0.0126. The number of amides is 1. The van der Waals surface area contributed by atoms with Gasteiger partial charge in [0.05, 0.1) is 18.3 Å². The molecule has 0 spiro atoms. The van der Waals surface area contributed by atoms with Gasteiger partial charge in [-0.15, -0.1) is 0 Å². The molecule has 2 aromatic heterocycles. The van der Waals surface area contributed by atoms with Crippen LogP contribution in [0.5, 0.6) is 0 Å². The maximum absolute atomic E-state index is 12.7. The highest BCUT2D eigenvalue weighted by molar-refractivity contribution is 6.00. The van der Waals surface area contributed by atoms with Crippen LogP contribution < -0.4 is 10.6 Å². The number of hydrogen-bond acceptors (Lipinski definition) is 4. The van der Waals surface area contributed by atoms with Gasteiger partial charge in [-0.25, -0.2) is 4.52 Å². The molecule has 1 saturated heterocycles. The van der Waals surface area contributed by atoms with E-state index in [1.54, 1.807) is 17.8 Å². The monoisotopic (exact) mass is 317 g/mol. The number of aromatic nitrogens is 3. The summed E-state index contributed by atoms with van der Waals surface area (Å²) in [5.74, 6) is 1.23. The number of nitrogens with zero attached hydrogens (tertiary/aromatic N) is 3. The van der Waals surface area contributed by atoms with Crippen LogP contribution in [0.25, 0.3) is 5.65 Å². The highest BCUT2D eigenvalue weighted by Gasteiger charge is 2.40. The van der Waals surface area contributed by atoms with Crippen molar-refractivity contribution in [2.24, 2.45) is 18.9 Å². The smallest absolute Gasteiger partial charge is 0.257 e. The summed E-state index contributed by atoms with van der Waals surface area (Å²) in [7, 11) is 3.66. The van der Waals surface area contributed by atoms with E-state index < -0.39 is 0 Å². The van der Waals surface area contributed by atoms with Crippen molar-refractivity contribution in [3.63, 3.8) is 0 Å². The van der Waals surface area contributed by atoms with Crippen LogP contribution in [0.4, 0.5) is 0 Å². The molecule has 124 valence electrons. The molecule has 1 aliphatic heterocycles. The zero-order valence-corrected chi connectivity index (χ0v) is 13.5. The Labute approximate surface area is 135 Å². The van der Waals surface area contributed by atoms with Crippen molar-refractivity contribution < 1.29 is 9.53 Å². The number of ether oxygens (including phenoxy) is 1. The van der Waals surface area contributed by atoms with Crippen molar-refractivity contribution in [2.75, 3.05) is 20.2 Å². The van der Waals surface area contributed by atoms with Crippen molar-refractivity contribution in [1.82, 2.24) is 24.8 Å². The molecule has 7 nitrogen and oxygen atoms in total. The number of imidazole rings is 1. The fourth-order valence-electron chi connectivity index (χ4n) is 4.15. The Morgan fingerprint density at radius 3 is 2.91 bits per heavy atom. The molecule has 1 aliphatic carbocycles. The van der Waals surface area contributed by atoms with Gasteiger partial charge < -0.3 is 19.9 Å². The van der Waals surface area contributed by atoms with E-state index in [1.165, 1.54) is 0 Å². The normalized spacial score (nSPS) is 30.5. The van der Waals surface area contributed by atoms with Crippen molar-refractivity contribution in [1.29, 1.82) is 0 Å². The molecule has 1 saturated carbocycles. The third-order valence-electron chi connectivity index (χ3n) is 5.42. The molecule has 1 amide bonds. The zero-order chi connectivity index (χ0) is 16.0. The predicted octanol–water partition coefficient (Wildman–Crippen LogP) is 0.416. The molecule has 4 rings (SSSR count). The van der Waals surface area contributed by atoms with Gasteiger partial charge >= 0.3 is 0 Å². The minimum absolute atomic E-state index is 0.0591. The molecular formula is C16H23N5O2. The van der Waals surface area contributed by atoms with Crippen molar-refractivity contribution in [3.05, 3.63) is 24.2 Å². The molecule has 0 radical (unpaired) electrons. The third-order valence-corrected chi connectivity index (χ3v) is 5.42. The SMILES string of the molecule is CO[C@H]1C[C@@H]2CNC[C@@H]2C[C@@H]1NC(=O)c1cnn2ccn(C)c12. The first-order valence-corrected chi connectivity index (χ1v) is 8.20. The van der Waals surface area contributed by atoms with Gasteiger partial charge in [0.2, 0.25) is 0 Å². The van der Waals surface area contributed by atoms with Crippen LogP contribution in [-0.4, -0.2) is 52.4 Å². The molecule has 4 atom stereocenters. The van der Waals surface area contributed by atoms with E-state index in [0.717, 1.165) is 31.6 Å². The summed E-state index contributed by atoms with van der Waals surface area (Å²) in [5, 5.41) is 10.9. The van der Waals surface area contributed by atoms with Gasteiger partial charge in [-0.1, -0.05) is 0 Å². The second kappa shape index (κ2) is 5.65. The zero-order valence-electron chi connectivity index (χ0n) is 13.5. The largest absolute Gasteiger partial charge is 0.379 e. The Morgan fingerprint density at radius 2 is 2.13 bits per heavy atom. The number of carbonyl (C=O) groups is 1. The Hall–Kier alpha value is -1.86. The van der Waals surface area contributed by atoms with Crippen LogP contribution in [0, 0.1) is 11.8 Å². The molecule has 2 N–H and O–H groups in total. The molecule has 23 heavy (non-hydrogen) atoms. The number of carbonyl (C=O) groups excluding carboxylic acids is 1. The van der Waals surface area contributed by atoms with Crippen LogP contribution in [-0.2, 0) is 11.8 Å². The van der Waals surface area contributed by atoms with Crippen LogP contribution in [0.2, 0.25) is 0 Å². The summed E-state index contributed by atoms with van der Waals surface area (Å²) in [6.45, 7) is 2.11. The minimum Gasteiger partial charge on any atom is -0.379 e. The quantitative estimate of drug-likeness (QED) is 0.860. The molecule has 2 aliphatic rings. The molecule has 0 aromatic carbocycles. The van der Waals surface area contributed by atoms with E-state index >= 15 is 0 Å². The molecule has 0 unspecified atom stereocenters. The fraction of sp³-hybridized carbons (Fsp3) is 0.625. The van der Waals surface area contributed by atoms with Crippen molar-refractivity contribution >= 4 is 11.6 Å². The maximum atomic E-state index is 12.7. The van der Waals surface area contributed by atoms with Gasteiger partial charge in [-0.3, -0.25) is 4.79 Å². The van der Waals surface area contributed by atoms with E-state index in [0.29, 0.717) is 17.4 Å². The lowest BCUT2D eigenvalue weighted by Crippen LogP contribution is -2.50.